The Kier molecular flexibility index (Phi) is 5.59. The van der Waals surface area contributed by atoms with Crippen LogP contribution in [0.15, 0.2) is 42.5 Å². The average molecular weight is 346 g/mol. The van der Waals surface area contributed by atoms with Gasteiger partial charge in [0.2, 0.25) is 5.91 Å². The first-order valence-corrected chi connectivity index (χ1v) is 8.48. The van der Waals surface area contributed by atoms with Crippen LogP contribution in [-0.2, 0) is 17.6 Å². The van der Waals surface area contributed by atoms with Crippen molar-refractivity contribution in [2.24, 2.45) is 0 Å². The van der Waals surface area contributed by atoms with E-state index >= 15 is 0 Å². The lowest BCUT2D eigenvalue weighted by atomic mass is 10.1. The fourth-order valence-electron chi connectivity index (χ4n) is 2.59. The van der Waals surface area contributed by atoms with Crippen LogP contribution in [0.4, 0.5) is 0 Å². The highest BCUT2D eigenvalue weighted by Crippen LogP contribution is 2.30. The minimum Gasteiger partial charge on any atom is -0.486 e. The first kappa shape index (κ1) is 16.7. The van der Waals surface area contributed by atoms with Crippen molar-refractivity contribution in [2.45, 2.75) is 19.3 Å². The SMILES string of the molecule is O=C(CCc1ccc(Cl)cc1)NCCc1ccc2c(c1)OCCO2. The Morgan fingerprint density at radius 3 is 2.46 bits per heavy atom. The third-order valence-electron chi connectivity index (χ3n) is 3.90. The van der Waals surface area contributed by atoms with Gasteiger partial charge in [0, 0.05) is 18.0 Å². The highest BCUT2D eigenvalue weighted by atomic mass is 35.5. The Morgan fingerprint density at radius 1 is 0.958 bits per heavy atom. The number of hydrogen-bond acceptors (Lipinski definition) is 3. The van der Waals surface area contributed by atoms with Crippen LogP contribution in [0.2, 0.25) is 5.02 Å². The zero-order valence-corrected chi connectivity index (χ0v) is 14.1. The Balaban J connectivity index is 1.41. The van der Waals surface area contributed by atoms with E-state index in [4.69, 9.17) is 21.1 Å². The third-order valence-corrected chi connectivity index (χ3v) is 4.15. The molecule has 0 spiro atoms. The third kappa shape index (κ3) is 4.65. The van der Waals surface area contributed by atoms with Crippen LogP contribution in [-0.4, -0.2) is 25.7 Å². The van der Waals surface area contributed by atoms with Crippen LogP contribution in [0.5, 0.6) is 11.5 Å². The second-order valence-electron chi connectivity index (χ2n) is 5.70. The van der Waals surface area contributed by atoms with Gasteiger partial charge in [-0.25, -0.2) is 0 Å². The van der Waals surface area contributed by atoms with Crippen molar-refractivity contribution in [2.75, 3.05) is 19.8 Å². The quantitative estimate of drug-likeness (QED) is 0.872. The Morgan fingerprint density at radius 2 is 1.67 bits per heavy atom. The van der Waals surface area contributed by atoms with Gasteiger partial charge in [0.25, 0.3) is 0 Å². The van der Waals surface area contributed by atoms with Crippen LogP contribution in [0.3, 0.4) is 0 Å². The van der Waals surface area contributed by atoms with E-state index in [2.05, 4.69) is 5.32 Å². The van der Waals surface area contributed by atoms with Crippen molar-refractivity contribution in [3.05, 3.63) is 58.6 Å². The summed E-state index contributed by atoms with van der Waals surface area (Å²) in [5.74, 6) is 1.63. The molecule has 0 bridgehead atoms. The molecular formula is C19H20ClNO3. The Labute approximate surface area is 146 Å². The molecule has 24 heavy (non-hydrogen) atoms. The lowest BCUT2D eigenvalue weighted by Gasteiger charge is -2.18. The van der Waals surface area contributed by atoms with E-state index in [0.717, 1.165) is 29.0 Å². The number of carbonyl (C=O) groups is 1. The second-order valence-corrected chi connectivity index (χ2v) is 6.14. The summed E-state index contributed by atoms with van der Waals surface area (Å²) in [6.07, 6.45) is 1.96. The average Bonchev–Trinajstić information content (AvgIpc) is 2.61. The number of halogens is 1. The van der Waals surface area contributed by atoms with Crippen LogP contribution in [0.1, 0.15) is 17.5 Å². The zero-order valence-electron chi connectivity index (χ0n) is 13.4. The number of benzene rings is 2. The van der Waals surface area contributed by atoms with Crippen molar-refractivity contribution >= 4 is 17.5 Å². The highest BCUT2D eigenvalue weighted by molar-refractivity contribution is 6.30. The summed E-state index contributed by atoms with van der Waals surface area (Å²) in [5, 5.41) is 3.67. The van der Waals surface area contributed by atoms with Gasteiger partial charge in [-0.1, -0.05) is 29.8 Å². The zero-order chi connectivity index (χ0) is 16.8. The minimum absolute atomic E-state index is 0.0579. The molecule has 1 amide bonds. The largest absolute Gasteiger partial charge is 0.486 e. The maximum Gasteiger partial charge on any atom is 0.220 e. The van der Waals surface area contributed by atoms with Gasteiger partial charge in [-0.15, -0.1) is 0 Å². The summed E-state index contributed by atoms with van der Waals surface area (Å²) in [4.78, 5) is 11.9. The lowest BCUT2D eigenvalue weighted by molar-refractivity contribution is -0.121. The molecule has 0 saturated carbocycles. The number of ether oxygens (including phenoxy) is 2. The molecule has 2 aromatic carbocycles. The summed E-state index contributed by atoms with van der Waals surface area (Å²) in [6, 6.07) is 13.5. The molecule has 0 fully saturated rings. The van der Waals surface area contributed by atoms with Crippen molar-refractivity contribution in [3.8, 4) is 11.5 Å². The number of rotatable bonds is 6. The molecule has 1 N–H and O–H groups in total. The fourth-order valence-corrected chi connectivity index (χ4v) is 2.71. The monoisotopic (exact) mass is 345 g/mol. The predicted octanol–water partition coefficient (Wildman–Crippen LogP) is 3.40. The molecule has 4 nitrogen and oxygen atoms in total. The Hall–Kier alpha value is -2.20. The van der Waals surface area contributed by atoms with Crippen LogP contribution < -0.4 is 14.8 Å². The van der Waals surface area contributed by atoms with E-state index in [1.54, 1.807) is 0 Å². The standard InChI is InChI=1S/C19H20ClNO3/c20-16-5-1-14(2-6-16)4-8-19(22)21-10-9-15-3-7-17-18(13-15)24-12-11-23-17/h1-3,5-7,13H,4,8-12H2,(H,21,22). The molecule has 1 aliphatic rings. The molecule has 3 rings (SSSR count). The molecule has 2 aromatic rings. The maximum atomic E-state index is 11.9. The normalized spacial score (nSPS) is 12.7. The minimum atomic E-state index is 0.0579. The summed E-state index contributed by atoms with van der Waals surface area (Å²) < 4.78 is 11.1. The van der Waals surface area contributed by atoms with Crippen molar-refractivity contribution < 1.29 is 14.3 Å². The number of amides is 1. The van der Waals surface area contributed by atoms with Gasteiger partial charge in [0.05, 0.1) is 0 Å². The molecule has 0 unspecified atom stereocenters. The van der Waals surface area contributed by atoms with Crippen LogP contribution in [0.25, 0.3) is 0 Å². The predicted molar refractivity (Wildman–Crippen MR) is 93.9 cm³/mol. The number of nitrogens with one attached hydrogen (secondary N) is 1. The molecule has 0 saturated heterocycles. The molecule has 126 valence electrons. The summed E-state index contributed by atoms with van der Waals surface area (Å²) in [5.41, 5.74) is 2.23. The van der Waals surface area contributed by atoms with Gasteiger partial charge in [0.1, 0.15) is 13.2 Å². The molecule has 0 aromatic heterocycles. The van der Waals surface area contributed by atoms with E-state index in [1.807, 2.05) is 42.5 Å². The number of hydrogen-bond donors (Lipinski definition) is 1. The van der Waals surface area contributed by atoms with Gasteiger partial charge in [-0.05, 0) is 48.2 Å². The lowest BCUT2D eigenvalue weighted by Crippen LogP contribution is -2.26. The van der Waals surface area contributed by atoms with Gasteiger partial charge in [0.15, 0.2) is 11.5 Å². The topological polar surface area (TPSA) is 47.6 Å². The molecule has 5 heteroatoms. The van der Waals surface area contributed by atoms with Gasteiger partial charge < -0.3 is 14.8 Å². The van der Waals surface area contributed by atoms with Crippen molar-refractivity contribution in [1.29, 1.82) is 0 Å². The van der Waals surface area contributed by atoms with Gasteiger partial charge >= 0.3 is 0 Å². The maximum absolute atomic E-state index is 11.9. The summed E-state index contributed by atoms with van der Waals surface area (Å²) >= 11 is 5.85. The van der Waals surface area contributed by atoms with Crippen LogP contribution >= 0.6 is 11.6 Å². The van der Waals surface area contributed by atoms with E-state index < -0.39 is 0 Å². The fraction of sp³-hybridized carbons (Fsp3) is 0.316. The van der Waals surface area contributed by atoms with E-state index in [9.17, 15) is 4.79 Å². The van der Waals surface area contributed by atoms with Gasteiger partial charge in [-0.3, -0.25) is 4.79 Å². The molecule has 0 aliphatic carbocycles. The van der Waals surface area contributed by atoms with Crippen molar-refractivity contribution in [1.82, 2.24) is 5.32 Å². The van der Waals surface area contributed by atoms with Crippen molar-refractivity contribution in [3.63, 3.8) is 0 Å². The molecule has 1 heterocycles. The number of fused-ring (bicyclic) bond motifs is 1. The molecular weight excluding hydrogens is 326 g/mol. The molecule has 0 radical (unpaired) electrons. The smallest absolute Gasteiger partial charge is 0.220 e. The first-order chi connectivity index (χ1) is 11.7. The number of carbonyl (C=O) groups excluding carboxylic acids is 1. The molecule has 0 atom stereocenters. The van der Waals surface area contributed by atoms with Gasteiger partial charge in [-0.2, -0.15) is 0 Å². The molecule has 1 aliphatic heterocycles. The Bertz CT molecular complexity index is 700. The van der Waals surface area contributed by atoms with Crippen LogP contribution in [0, 0.1) is 0 Å². The summed E-state index contributed by atoms with van der Waals surface area (Å²) in [6.45, 7) is 1.78. The highest BCUT2D eigenvalue weighted by Gasteiger charge is 2.11. The van der Waals surface area contributed by atoms with E-state index in [1.165, 1.54) is 0 Å². The second kappa shape index (κ2) is 8.06. The first-order valence-electron chi connectivity index (χ1n) is 8.10. The van der Waals surface area contributed by atoms with E-state index in [-0.39, 0.29) is 5.91 Å². The summed E-state index contributed by atoms with van der Waals surface area (Å²) in [7, 11) is 0. The van der Waals surface area contributed by atoms with E-state index in [0.29, 0.717) is 37.6 Å². The number of aryl methyl sites for hydroxylation is 1.